The number of aliphatic hydroxyl groups excluding tert-OH is 1. The highest BCUT2D eigenvalue weighted by Crippen LogP contribution is 2.00. The number of hydrogen-bond donors (Lipinski definition) is 1. The van der Waals surface area contributed by atoms with Crippen LogP contribution in [0, 0.1) is 0 Å². The summed E-state index contributed by atoms with van der Waals surface area (Å²) in [6, 6.07) is 0. The molecule has 0 aromatic carbocycles. The highest BCUT2D eigenvalue weighted by molar-refractivity contribution is 4.52. The molecular weight excluding hydrogens is 156 g/mol. The molecule has 1 unspecified atom stereocenters. The molecule has 12 heavy (non-hydrogen) atoms. The molecule has 0 saturated carbocycles. The lowest BCUT2D eigenvalue weighted by Crippen LogP contribution is -2.16. The van der Waals surface area contributed by atoms with Crippen LogP contribution in [-0.2, 0) is 9.47 Å². The van der Waals surface area contributed by atoms with E-state index < -0.39 is 0 Å². The largest absolute Gasteiger partial charge is 0.391 e. The van der Waals surface area contributed by atoms with Gasteiger partial charge in [0.2, 0.25) is 0 Å². The summed E-state index contributed by atoms with van der Waals surface area (Å²) >= 11 is 0. The molecule has 0 aliphatic rings. The van der Waals surface area contributed by atoms with Crippen LogP contribution in [0.15, 0.2) is 0 Å². The maximum absolute atomic E-state index is 9.31. The molecule has 1 N–H and O–H groups in total. The van der Waals surface area contributed by atoms with E-state index in [1.165, 1.54) is 0 Å². The molecule has 74 valence electrons. The van der Waals surface area contributed by atoms with Gasteiger partial charge in [0.1, 0.15) is 0 Å². The van der Waals surface area contributed by atoms with E-state index in [9.17, 15) is 5.11 Å². The van der Waals surface area contributed by atoms with Gasteiger partial charge in [-0.25, -0.2) is 0 Å². The van der Waals surface area contributed by atoms with Crippen LogP contribution in [0.3, 0.4) is 0 Å². The first-order chi connectivity index (χ1) is 5.81. The molecule has 0 amide bonds. The van der Waals surface area contributed by atoms with Crippen LogP contribution in [0.25, 0.3) is 0 Å². The summed E-state index contributed by atoms with van der Waals surface area (Å²) in [5.41, 5.74) is 0. The molecule has 0 radical (unpaired) electrons. The molecule has 1 atom stereocenters. The number of methoxy groups -OCH3 is 1. The lowest BCUT2D eigenvalue weighted by Gasteiger charge is -2.09. The molecule has 0 aromatic heterocycles. The predicted octanol–water partition coefficient (Wildman–Crippen LogP) is 1.20. The molecule has 0 heterocycles. The first kappa shape index (κ1) is 11.9. The molecule has 0 aliphatic carbocycles. The summed E-state index contributed by atoms with van der Waals surface area (Å²) in [6.07, 6.45) is 2.72. The molecular formula is C9H20O3. The van der Waals surface area contributed by atoms with E-state index in [0.29, 0.717) is 19.8 Å². The fraction of sp³-hybridized carbons (Fsp3) is 1.00. The number of rotatable bonds is 8. The van der Waals surface area contributed by atoms with Crippen molar-refractivity contribution in [2.45, 2.75) is 32.3 Å². The van der Waals surface area contributed by atoms with E-state index in [0.717, 1.165) is 19.3 Å². The Balaban J connectivity index is 3.02. The van der Waals surface area contributed by atoms with Crippen molar-refractivity contribution in [2.24, 2.45) is 0 Å². The van der Waals surface area contributed by atoms with E-state index in [2.05, 4.69) is 6.92 Å². The molecule has 0 aromatic rings. The predicted molar refractivity (Wildman–Crippen MR) is 48.2 cm³/mol. The highest BCUT2D eigenvalue weighted by atomic mass is 16.5. The fourth-order valence-electron chi connectivity index (χ4n) is 0.885. The number of ether oxygens (including phenoxy) is 2. The van der Waals surface area contributed by atoms with Gasteiger partial charge in [-0.05, 0) is 6.42 Å². The summed E-state index contributed by atoms with van der Waals surface area (Å²) in [6.45, 7) is 3.71. The van der Waals surface area contributed by atoms with Crippen LogP contribution in [-0.4, -0.2) is 38.1 Å². The lowest BCUT2D eigenvalue weighted by atomic mass is 10.2. The van der Waals surface area contributed by atoms with Gasteiger partial charge in [-0.3, -0.25) is 0 Å². The van der Waals surface area contributed by atoms with E-state index in [4.69, 9.17) is 9.47 Å². The Hall–Kier alpha value is -0.120. The van der Waals surface area contributed by atoms with E-state index >= 15 is 0 Å². The average Bonchev–Trinajstić information content (AvgIpc) is 2.09. The van der Waals surface area contributed by atoms with Crippen molar-refractivity contribution in [3.63, 3.8) is 0 Å². The molecule has 0 rings (SSSR count). The second-order valence-electron chi connectivity index (χ2n) is 2.86. The maximum Gasteiger partial charge on any atom is 0.0773 e. The Morgan fingerprint density at radius 2 is 2.08 bits per heavy atom. The van der Waals surface area contributed by atoms with Gasteiger partial charge in [0.25, 0.3) is 0 Å². The van der Waals surface area contributed by atoms with E-state index in [1.807, 2.05) is 0 Å². The average molecular weight is 176 g/mol. The van der Waals surface area contributed by atoms with Crippen molar-refractivity contribution in [2.75, 3.05) is 26.9 Å². The third-order valence-corrected chi connectivity index (χ3v) is 1.63. The third-order valence-electron chi connectivity index (χ3n) is 1.63. The van der Waals surface area contributed by atoms with Gasteiger partial charge in [0, 0.05) is 7.11 Å². The molecule has 0 bridgehead atoms. The van der Waals surface area contributed by atoms with Crippen molar-refractivity contribution >= 4 is 0 Å². The molecule has 3 heteroatoms. The van der Waals surface area contributed by atoms with Gasteiger partial charge in [-0.1, -0.05) is 19.8 Å². The summed E-state index contributed by atoms with van der Waals surface area (Å²) in [4.78, 5) is 0. The topological polar surface area (TPSA) is 38.7 Å². The Morgan fingerprint density at radius 3 is 2.67 bits per heavy atom. The van der Waals surface area contributed by atoms with Crippen LogP contribution in [0.4, 0.5) is 0 Å². The first-order valence-electron chi connectivity index (χ1n) is 4.56. The van der Waals surface area contributed by atoms with Crippen molar-refractivity contribution < 1.29 is 14.6 Å². The van der Waals surface area contributed by atoms with Crippen molar-refractivity contribution in [3.8, 4) is 0 Å². The zero-order valence-corrected chi connectivity index (χ0v) is 8.08. The zero-order valence-electron chi connectivity index (χ0n) is 8.08. The van der Waals surface area contributed by atoms with Crippen LogP contribution >= 0.6 is 0 Å². The van der Waals surface area contributed by atoms with Gasteiger partial charge in [-0.2, -0.15) is 0 Å². The highest BCUT2D eigenvalue weighted by Gasteiger charge is 2.02. The number of unbranched alkanes of at least 4 members (excludes halogenated alkanes) is 1. The standard InChI is InChI=1S/C9H20O3/c1-3-4-5-9(10)8-12-7-6-11-2/h9-10H,3-8H2,1-2H3. The zero-order chi connectivity index (χ0) is 9.23. The molecule has 3 nitrogen and oxygen atoms in total. The second kappa shape index (κ2) is 8.97. The number of aliphatic hydroxyl groups is 1. The van der Waals surface area contributed by atoms with Crippen LogP contribution in [0.2, 0.25) is 0 Å². The van der Waals surface area contributed by atoms with Crippen LogP contribution in [0.1, 0.15) is 26.2 Å². The maximum atomic E-state index is 9.31. The molecule has 0 fully saturated rings. The third kappa shape index (κ3) is 7.98. The van der Waals surface area contributed by atoms with Gasteiger partial charge in [0.15, 0.2) is 0 Å². The van der Waals surface area contributed by atoms with Gasteiger partial charge in [0.05, 0.1) is 25.9 Å². The van der Waals surface area contributed by atoms with Crippen molar-refractivity contribution in [3.05, 3.63) is 0 Å². The summed E-state index contributed by atoms with van der Waals surface area (Å²) < 4.78 is 9.96. The number of hydrogen-bond acceptors (Lipinski definition) is 3. The molecule has 0 saturated heterocycles. The van der Waals surface area contributed by atoms with Gasteiger partial charge < -0.3 is 14.6 Å². The van der Waals surface area contributed by atoms with Crippen molar-refractivity contribution in [1.29, 1.82) is 0 Å². The first-order valence-corrected chi connectivity index (χ1v) is 4.56. The van der Waals surface area contributed by atoms with Gasteiger partial charge >= 0.3 is 0 Å². The summed E-state index contributed by atoms with van der Waals surface area (Å²) in [5, 5.41) is 9.31. The Labute approximate surface area is 74.7 Å². The normalized spacial score (nSPS) is 13.2. The van der Waals surface area contributed by atoms with E-state index in [-0.39, 0.29) is 6.10 Å². The van der Waals surface area contributed by atoms with E-state index in [1.54, 1.807) is 7.11 Å². The Kier molecular flexibility index (Phi) is 8.88. The quantitative estimate of drug-likeness (QED) is 0.565. The SMILES string of the molecule is CCCCC(O)COCCOC. The lowest BCUT2D eigenvalue weighted by molar-refractivity contribution is 0.00971. The summed E-state index contributed by atoms with van der Waals surface area (Å²) in [7, 11) is 1.64. The minimum absolute atomic E-state index is 0.304. The fourth-order valence-corrected chi connectivity index (χ4v) is 0.885. The Bertz CT molecular complexity index is 85.8. The minimum atomic E-state index is -0.304. The van der Waals surface area contributed by atoms with Crippen LogP contribution < -0.4 is 0 Å². The Morgan fingerprint density at radius 1 is 1.33 bits per heavy atom. The molecule has 0 aliphatic heterocycles. The molecule has 0 spiro atoms. The minimum Gasteiger partial charge on any atom is -0.391 e. The smallest absolute Gasteiger partial charge is 0.0773 e. The van der Waals surface area contributed by atoms with Gasteiger partial charge in [-0.15, -0.1) is 0 Å². The second-order valence-corrected chi connectivity index (χ2v) is 2.86. The summed E-state index contributed by atoms with van der Waals surface area (Å²) in [5.74, 6) is 0. The van der Waals surface area contributed by atoms with Crippen LogP contribution in [0.5, 0.6) is 0 Å². The monoisotopic (exact) mass is 176 g/mol. The van der Waals surface area contributed by atoms with Crippen molar-refractivity contribution in [1.82, 2.24) is 0 Å².